The Bertz CT molecular complexity index is 269. The van der Waals surface area contributed by atoms with Crippen molar-refractivity contribution in [3.8, 4) is 0 Å². The molecule has 5 atom stereocenters. The highest BCUT2D eigenvalue weighted by molar-refractivity contribution is 5.65. The fraction of sp³-hybridized carbons (Fsp3) is 0.917. The van der Waals surface area contributed by atoms with E-state index in [0.717, 1.165) is 0 Å². The highest BCUT2D eigenvalue weighted by atomic mass is 16.6. The summed E-state index contributed by atoms with van der Waals surface area (Å²) in [5.74, 6) is -0.352. The SMILES string of the molecule is CC(=O)OC[C@H]1O[C@@H](CO)[C@H](O)CC(C)C[C@@H]1O. The fourth-order valence-corrected chi connectivity index (χ4v) is 2.14. The number of rotatable bonds is 3. The smallest absolute Gasteiger partial charge is 0.302 e. The number of esters is 1. The molecule has 1 fully saturated rings. The van der Waals surface area contributed by atoms with Gasteiger partial charge < -0.3 is 24.8 Å². The van der Waals surface area contributed by atoms with Gasteiger partial charge in [-0.05, 0) is 18.8 Å². The van der Waals surface area contributed by atoms with Gasteiger partial charge in [-0.2, -0.15) is 0 Å². The maximum Gasteiger partial charge on any atom is 0.302 e. The van der Waals surface area contributed by atoms with Gasteiger partial charge in [-0.25, -0.2) is 0 Å². The van der Waals surface area contributed by atoms with Crippen LogP contribution in [-0.2, 0) is 14.3 Å². The average Bonchev–Trinajstić information content (AvgIpc) is 2.26. The maximum atomic E-state index is 10.8. The lowest BCUT2D eigenvalue weighted by atomic mass is 9.91. The van der Waals surface area contributed by atoms with E-state index >= 15 is 0 Å². The van der Waals surface area contributed by atoms with Gasteiger partial charge in [-0.1, -0.05) is 6.92 Å². The summed E-state index contributed by atoms with van der Waals surface area (Å²) in [6.45, 7) is 2.77. The molecule has 0 radical (unpaired) electrons. The summed E-state index contributed by atoms with van der Waals surface area (Å²) >= 11 is 0. The molecular weight excluding hydrogens is 240 g/mol. The minimum Gasteiger partial charge on any atom is -0.463 e. The van der Waals surface area contributed by atoms with Gasteiger partial charge in [-0.3, -0.25) is 4.79 Å². The van der Waals surface area contributed by atoms with E-state index in [4.69, 9.17) is 9.47 Å². The van der Waals surface area contributed by atoms with Gasteiger partial charge >= 0.3 is 5.97 Å². The van der Waals surface area contributed by atoms with Crippen molar-refractivity contribution < 1.29 is 29.6 Å². The van der Waals surface area contributed by atoms with E-state index in [1.54, 1.807) is 0 Å². The van der Waals surface area contributed by atoms with Crippen LogP contribution < -0.4 is 0 Å². The summed E-state index contributed by atoms with van der Waals surface area (Å²) in [7, 11) is 0. The van der Waals surface area contributed by atoms with Gasteiger partial charge in [-0.15, -0.1) is 0 Å². The Balaban J connectivity index is 2.68. The van der Waals surface area contributed by atoms with Gasteiger partial charge in [0, 0.05) is 6.92 Å². The van der Waals surface area contributed by atoms with Crippen LogP contribution in [0.25, 0.3) is 0 Å². The van der Waals surface area contributed by atoms with Crippen molar-refractivity contribution in [2.24, 2.45) is 5.92 Å². The Kier molecular flexibility index (Phi) is 6.01. The number of hydrogen-bond donors (Lipinski definition) is 3. The largest absolute Gasteiger partial charge is 0.463 e. The van der Waals surface area contributed by atoms with Crippen molar-refractivity contribution in [2.75, 3.05) is 13.2 Å². The first-order valence-electron chi connectivity index (χ1n) is 6.19. The van der Waals surface area contributed by atoms with Gasteiger partial charge in [0.1, 0.15) is 18.8 Å². The Morgan fingerprint density at radius 1 is 1.28 bits per heavy atom. The van der Waals surface area contributed by atoms with Crippen LogP contribution in [0.4, 0.5) is 0 Å². The first-order chi connectivity index (χ1) is 8.43. The number of aliphatic hydroxyl groups excluding tert-OH is 3. The van der Waals surface area contributed by atoms with Crippen LogP contribution in [-0.4, -0.2) is 58.9 Å². The molecule has 6 heteroatoms. The van der Waals surface area contributed by atoms with Gasteiger partial charge in [0.15, 0.2) is 0 Å². The molecule has 0 aromatic carbocycles. The molecule has 3 N–H and O–H groups in total. The van der Waals surface area contributed by atoms with Gasteiger partial charge in [0.05, 0.1) is 18.8 Å². The van der Waals surface area contributed by atoms with E-state index in [0.29, 0.717) is 12.8 Å². The van der Waals surface area contributed by atoms with Crippen molar-refractivity contribution in [3.63, 3.8) is 0 Å². The molecule has 0 saturated carbocycles. The molecule has 1 heterocycles. The molecule has 0 spiro atoms. The molecule has 0 aromatic rings. The van der Waals surface area contributed by atoms with E-state index in [9.17, 15) is 20.1 Å². The summed E-state index contributed by atoms with van der Waals surface area (Å²) in [6, 6.07) is 0. The predicted molar refractivity (Wildman–Crippen MR) is 62.8 cm³/mol. The Morgan fingerprint density at radius 2 is 1.83 bits per heavy atom. The van der Waals surface area contributed by atoms with E-state index in [-0.39, 0.29) is 19.1 Å². The lowest BCUT2D eigenvalue weighted by molar-refractivity contribution is -0.174. The molecule has 0 aromatic heterocycles. The van der Waals surface area contributed by atoms with Crippen molar-refractivity contribution in [2.45, 2.75) is 51.1 Å². The molecule has 0 bridgehead atoms. The zero-order chi connectivity index (χ0) is 13.7. The molecule has 1 rings (SSSR count). The van der Waals surface area contributed by atoms with Crippen LogP contribution in [0.2, 0.25) is 0 Å². The quantitative estimate of drug-likeness (QED) is 0.590. The summed E-state index contributed by atoms with van der Waals surface area (Å²) in [6.07, 6.45) is -2.12. The number of carbonyl (C=O) groups is 1. The lowest BCUT2D eigenvalue weighted by Crippen LogP contribution is -2.46. The Morgan fingerprint density at radius 3 is 2.33 bits per heavy atom. The summed E-state index contributed by atoms with van der Waals surface area (Å²) in [5, 5.41) is 29.0. The van der Waals surface area contributed by atoms with Crippen molar-refractivity contribution in [3.05, 3.63) is 0 Å². The molecule has 1 aliphatic heterocycles. The Hall–Kier alpha value is -0.690. The molecule has 106 valence electrons. The lowest BCUT2D eigenvalue weighted by Gasteiger charge is -2.34. The average molecular weight is 262 g/mol. The topological polar surface area (TPSA) is 96.2 Å². The second-order valence-electron chi connectivity index (χ2n) is 4.91. The van der Waals surface area contributed by atoms with Crippen LogP contribution >= 0.6 is 0 Å². The van der Waals surface area contributed by atoms with Crippen LogP contribution in [0.1, 0.15) is 26.7 Å². The molecule has 1 aliphatic rings. The van der Waals surface area contributed by atoms with E-state index < -0.39 is 30.4 Å². The number of ether oxygens (including phenoxy) is 2. The van der Waals surface area contributed by atoms with Crippen LogP contribution in [0.15, 0.2) is 0 Å². The fourth-order valence-electron chi connectivity index (χ4n) is 2.14. The Labute approximate surface area is 107 Å². The molecule has 18 heavy (non-hydrogen) atoms. The first-order valence-corrected chi connectivity index (χ1v) is 6.19. The van der Waals surface area contributed by atoms with Crippen LogP contribution in [0.3, 0.4) is 0 Å². The second-order valence-corrected chi connectivity index (χ2v) is 4.91. The highest BCUT2D eigenvalue weighted by Crippen LogP contribution is 2.23. The second kappa shape index (κ2) is 7.04. The minimum atomic E-state index is -0.780. The van der Waals surface area contributed by atoms with E-state index in [1.807, 2.05) is 6.92 Å². The summed E-state index contributed by atoms with van der Waals surface area (Å²) in [4.78, 5) is 10.8. The maximum absolute atomic E-state index is 10.8. The molecule has 0 amide bonds. The first kappa shape index (κ1) is 15.4. The normalized spacial score (nSPS) is 37.7. The van der Waals surface area contributed by atoms with Crippen molar-refractivity contribution in [1.29, 1.82) is 0 Å². The monoisotopic (exact) mass is 262 g/mol. The number of carbonyl (C=O) groups excluding carboxylic acids is 1. The third kappa shape index (κ3) is 4.53. The summed E-state index contributed by atoms with van der Waals surface area (Å²) in [5.41, 5.74) is 0. The zero-order valence-corrected chi connectivity index (χ0v) is 10.8. The van der Waals surface area contributed by atoms with Gasteiger partial charge in [0.25, 0.3) is 0 Å². The predicted octanol–water partition coefficient (Wildman–Crippen LogP) is -0.553. The zero-order valence-electron chi connectivity index (χ0n) is 10.8. The standard InChI is InChI=1S/C12H22O6/c1-7-3-9(15)11(5-13)18-12(10(16)4-7)6-17-8(2)14/h7,9-13,15-16H,3-6H2,1-2H3/t7?,9-,10+,11+,12-/m1/s1. The van der Waals surface area contributed by atoms with Gasteiger partial charge in [0.2, 0.25) is 0 Å². The van der Waals surface area contributed by atoms with E-state index in [2.05, 4.69) is 0 Å². The molecular formula is C12H22O6. The van der Waals surface area contributed by atoms with Crippen molar-refractivity contribution in [1.82, 2.24) is 0 Å². The van der Waals surface area contributed by atoms with Crippen molar-refractivity contribution >= 4 is 5.97 Å². The van der Waals surface area contributed by atoms with E-state index in [1.165, 1.54) is 6.92 Å². The van der Waals surface area contributed by atoms with Crippen LogP contribution in [0, 0.1) is 5.92 Å². The number of hydrogen-bond acceptors (Lipinski definition) is 6. The third-order valence-electron chi connectivity index (χ3n) is 3.13. The summed E-state index contributed by atoms with van der Waals surface area (Å²) < 4.78 is 10.3. The highest BCUT2D eigenvalue weighted by Gasteiger charge is 2.33. The molecule has 6 nitrogen and oxygen atoms in total. The minimum absolute atomic E-state index is 0.0769. The molecule has 1 saturated heterocycles. The third-order valence-corrected chi connectivity index (χ3v) is 3.13. The molecule has 1 unspecified atom stereocenters. The number of aliphatic hydroxyl groups is 3. The molecule has 0 aliphatic carbocycles. The van der Waals surface area contributed by atoms with Crippen LogP contribution in [0.5, 0.6) is 0 Å².